The first-order chi connectivity index (χ1) is 13.2. The van der Waals surface area contributed by atoms with Crippen molar-refractivity contribution in [1.82, 2.24) is 14.9 Å². The summed E-state index contributed by atoms with van der Waals surface area (Å²) in [4.78, 5) is 22.6. The molecule has 3 aromatic rings. The molecule has 0 saturated carbocycles. The molecule has 1 fully saturated rings. The van der Waals surface area contributed by atoms with Crippen LogP contribution in [0, 0.1) is 0 Å². The molecule has 1 saturated heterocycles. The van der Waals surface area contributed by atoms with Gasteiger partial charge >= 0.3 is 6.03 Å². The largest absolute Gasteiger partial charge is 0.480 e. The molecule has 1 atom stereocenters. The predicted molar refractivity (Wildman–Crippen MR) is 102 cm³/mol. The van der Waals surface area contributed by atoms with Crippen LogP contribution in [0.25, 0.3) is 10.8 Å². The lowest BCUT2D eigenvalue weighted by molar-refractivity contribution is 0.188. The summed E-state index contributed by atoms with van der Waals surface area (Å²) in [7, 11) is 1.53. The predicted octanol–water partition coefficient (Wildman–Crippen LogP) is 3.32. The summed E-state index contributed by atoms with van der Waals surface area (Å²) in [6, 6.07) is 13.7. The van der Waals surface area contributed by atoms with Crippen molar-refractivity contribution in [3.8, 4) is 11.8 Å². The number of urea groups is 1. The lowest BCUT2D eigenvalue weighted by Gasteiger charge is -2.18. The van der Waals surface area contributed by atoms with Crippen molar-refractivity contribution in [3.63, 3.8) is 0 Å². The van der Waals surface area contributed by atoms with Gasteiger partial charge in [-0.1, -0.05) is 36.4 Å². The molecule has 0 radical (unpaired) electrons. The number of ether oxygens (including phenoxy) is 2. The summed E-state index contributed by atoms with van der Waals surface area (Å²) in [5.41, 5.74) is 0.807. The number of carbonyl (C=O) groups is 1. The average Bonchev–Trinajstić information content (AvgIpc) is 3.17. The summed E-state index contributed by atoms with van der Waals surface area (Å²) >= 11 is 0. The molecule has 0 spiro atoms. The maximum absolute atomic E-state index is 12.7. The van der Waals surface area contributed by atoms with Gasteiger partial charge in [0.05, 0.1) is 31.7 Å². The first-order valence-corrected chi connectivity index (χ1v) is 8.79. The topological polar surface area (TPSA) is 76.6 Å². The Bertz CT molecular complexity index is 957. The van der Waals surface area contributed by atoms with E-state index in [1.54, 1.807) is 11.1 Å². The molecule has 0 aliphatic carbocycles. The van der Waals surface area contributed by atoms with E-state index >= 15 is 0 Å². The van der Waals surface area contributed by atoms with Crippen LogP contribution in [0.5, 0.6) is 11.8 Å². The molecule has 27 heavy (non-hydrogen) atoms. The molecule has 2 heterocycles. The quantitative estimate of drug-likeness (QED) is 0.768. The van der Waals surface area contributed by atoms with Gasteiger partial charge in [-0.15, -0.1) is 0 Å². The Kier molecular flexibility index (Phi) is 4.74. The number of nitrogens with zero attached hydrogens (tertiary/aromatic N) is 3. The second kappa shape index (κ2) is 7.49. The zero-order chi connectivity index (χ0) is 18.6. The molecule has 138 valence electrons. The summed E-state index contributed by atoms with van der Waals surface area (Å²) in [6.45, 7) is 1.12. The monoisotopic (exact) mass is 364 g/mol. The fraction of sp³-hybridized carbons (Fsp3) is 0.250. The van der Waals surface area contributed by atoms with E-state index < -0.39 is 0 Å². The van der Waals surface area contributed by atoms with Gasteiger partial charge in [0.15, 0.2) is 0 Å². The Balaban J connectivity index is 1.40. The highest BCUT2D eigenvalue weighted by atomic mass is 16.5. The van der Waals surface area contributed by atoms with Gasteiger partial charge in [0.25, 0.3) is 0 Å². The third kappa shape index (κ3) is 3.76. The van der Waals surface area contributed by atoms with E-state index in [9.17, 15) is 4.79 Å². The Labute approximate surface area is 156 Å². The number of likely N-dealkylation sites (tertiary alicyclic amines) is 1. The number of carbonyl (C=O) groups excluding carboxylic acids is 1. The third-order valence-corrected chi connectivity index (χ3v) is 4.55. The first-order valence-electron chi connectivity index (χ1n) is 8.79. The zero-order valence-electron chi connectivity index (χ0n) is 15.0. The van der Waals surface area contributed by atoms with Crippen LogP contribution in [0.3, 0.4) is 0 Å². The van der Waals surface area contributed by atoms with Gasteiger partial charge in [-0.3, -0.25) is 4.98 Å². The molecule has 4 rings (SSSR count). The number of rotatable bonds is 4. The minimum Gasteiger partial charge on any atom is -0.480 e. The van der Waals surface area contributed by atoms with E-state index in [1.807, 2.05) is 42.5 Å². The molecule has 1 N–H and O–H groups in total. The van der Waals surface area contributed by atoms with E-state index in [0.29, 0.717) is 24.8 Å². The van der Waals surface area contributed by atoms with Crippen molar-refractivity contribution in [1.29, 1.82) is 0 Å². The maximum Gasteiger partial charge on any atom is 0.321 e. The number of anilines is 1. The summed E-state index contributed by atoms with van der Waals surface area (Å²) in [5.74, 6) is 0.798. The van der Waals surface area contributed by atoms with Crippen LogP contribution in [0.15, 0.2) is 54.9 Å². The lowest BCUT2D eigenvalue weighted by Crippen LogP contribution is -2.34. The van der Waals surface area contributed by atoms with Gasteiger partial charge in [-0.05, 0) is 11.5 Å². The second-order valence-corrected chi connectivity index (χ2v) is 6.33. The van der Waals surface area contributed by atoms with Crippen molar-refractivity contribution < 1.29 is 14.3 Å². The molecule has 7 nitrogen and oxygen atoms in total. The minimum atomic E-state index is -0.130. The van der Waals surface area contributed by atoms with Gasteiger partial charge in [0.2, 0.25) is 11.8 Å². The van der Waals surface area contributed by atoms with Gasteiger partial charge in [0.1, 0.15) is 6.10 Å². The van der Waals surface area contributed by atoms with Crippen molar-refractivity contribution in [2.75, 3.05) is 25.5 Å². The summed E-state index contributed by atoms with van der Waals surface area (Å²) < 4.78 is 10.9. The van der Waals surface area contributed by atoms with Crippen molar-refractivity contribution in [3.05, 3.63) is 54.9 Å². The summed E-state index contributed by atoms with van der Waals surface area (Å²) in [6.07, 6.45) is 3.68. The van der Waals surface area contributed by atoms with Crippen LogP contribution < -0.4 is 14.8 Å². The number of benzene rings is 2. The molecule has 2 aromatic carbocycles. The van der Waals surface area contributed by atoms with Gasteiger partial charge < -0.3 is 19.7 Å². The third-order valence-electron chi connectivity index (χ3n) is 4.55. The molecule has 1 unspecified atom stereocenters. The van der Waals surface area contributed by atoms with E-state index in [0.717, 1.165) is 22.9 Å². The lowest BCUT2D eigenvalue weighted by atomic mass is 10.1. The second-order valence-electron chi connectivity index (χ2n) is 6.33. The molecule has 7 heteroatoms. The number of fused-ring (bicyclic) bond motifs is 1. The van der Waals surface area contributed by atoms with Crippen LogP contribution in [-0.4, -0.2) is 47.2 Å². The average molecular weight is 364 g/mol. The van der Waals surface area contributed by atoms with Crippen LogP contribution in [-0.2, 0) is 0 Å². The number of aromatic nitrogens is 2. The zero-order valence-corrected chi connectivity index (χ0v) is 15.0. The van der Waals surface area contributed by atoms with Crippen LogP contribution in [0.4, 0.5) is 10.5 Å². The van der Waals surface area contributed by atoms with Crippen molar-refractivity contribution >= 4 is 22.5 Å². The van der Waals surface area contributed by atoms with E-state index in [-0.39, 0.29) is 12.1 Å². The molecule has 1 aliphatic rings. The number of hydrogen-bond donors (Lipinski definition) is 1. The highest BCUT2D eigenvalue weighted by Crippen LogP contribution is 2.24. The fourth-order valence-corrected chi connectivity index (χ4v) is 3.19. The Morgan fingerprint density at radius 2 is 1.96 bits per heavy atom. The standard InChI is InChI=1S/C20H20N4O3/c1-26-18-11-21-12-19(23-18)27-15-9-10-24(13-15)20(25)22-17-8-4-6-14-5-2-3-7-16(14)17/h2-8,11-12,15H,9-10,13H2,1H3,(H,22,25). The van der Waals surface area contributed by atoms with E-state index in [1.165, 1.54) is 13.3 Å². The Morgan fingerprint density at radius 3 is 2.85 bits per heavy atom. The van der Waals surface area contributed by atoms with Crippen molar-refractivity contribution in [2.45, 2.75) is 12.5 Å². The molecule has 1 aliphatic heterocycles. The SMILES string of the molecule is COc1cncc(OC2CCN(C(=O)Nc3cccc4ccccc34)C2)n1. The van der Waals surface area contributed by atoms with Crippen LogP contribution in [0.1, 0.15) is 6.42 Å². The molecular weight excluding hydrogens is 344 g/mol. The number of hydrogen-bond acceptors (Lipinski definition) is 5. The Morgan fingerprint density at radius 1 is 1.15 bits per heavy atom. The minimum absolute atomic E-state index is 0.121. The molecule has 0 bridgehead atoms. The first kappa shape index (κ1) is 17.1. The fourth-order valence-electron chi connectivity index (χ4n) is 3.19. The van der Waals surface area contributed by atoms with Gasteiger partial charge in [-0.2, -0.15) is 4.98 Å². The number of amides is 2. The van der Waals surface area contributed by atoms with Crippen LogP contribution in [0.2, 0.25) is 0 Å². The van der Waals surface area contributed by atoms with E-state index in [2.05, 4.69) is 15.3 Å². The maximum atomic E-state index is 12.7. The van der Waals surface area contributed by atoms with Gasteiger partial charge in [-0.25, -0.2) is 4.79 Å². The Hall–Kier alpha value is -3.35. The van der Waals surface area contributed by atoms with Gasteiger partial charge in [0, 0.05) is 18.4 Å². The normalized spacial score (nSPS) is 16.3. The summed E-state index contributed by atoms with van der Waals surface area (Å²) in [5, 5.41) is 5.13. The number of nitrogens with one attached hydrogen (secondary N) is 1. The van der Waals surface area contributed by atoms with E-state index in [4.69, 9.17) is 9.47 Å². The highest BCUT2D eigenvalue weighted by Gasteiger charge is 2.28. The molecule has 2 amide bonds. The molecule has 1 aromatic heterocycles. The highest BCUT2D eigenvalue weighted by molar-refractivity contribution is 6.01. The smallest absolute Gasteiger partial charge is 0.321 e. The molecular formula is C20H20N4O3. The van der Waals surface area contributed by atoms with Crippen LogP contribution >= 0.6 is 0 Å². The number of methoxy groups -OCH3 is 1. The van der Waals surface area contributed by atoms with Crippen molar-refractivity contribution in [2.24, 2.45) is 0 Å².